The lowest BCUT2D eigenvalue weighted by Gasteiger charge is -2.31. The van der Waals surface area contributed by atoms with E-state index in [4.69, 9.17) is 11.6 Å². The fraction of sp³-hybridized carbons (Fsp3) is 0.389. The molecule has 0 atom stereocenters. The lowest BCUT2D eigenvalue weighted by molar-refractivity contribution is -0.384. The molecule has 1 amide bonds. The number of nitrogens with one attached hydrogen (secondary N) is 1. The quantitative estimate of drug-likeness (QED) is 0.595. The molecule has 0 aliphatic carbocycles. The number of hydrogen-bond acceptors (Lipinski definition) is 5. The van der Waals surface area contributed by atoms with Crippen molar-refractivity contribution in [3.05, 3.63) is 61.3 Å². The largest absolute Gasteiger partial charge is 0.352 e. The van der Waals surface area contributed by atoms with Crippen molar-refractivity contribution < 1.29 is 9.72 Å². The highest BCUT2D eigenvalue weighted by Gasteiger charge is 2.21. The summed E-state index contributed by atoms with van der Waals surface area (Å²) in [5.41, 5.74) is 1.36. The maximum atomic E-state index is 12.3. The van der Waals surface area contributed by atoms with Crippen LogP contribution < -0.4 is 5.32 Å². The van der Waals surface area contributed by atoms with Crippen molar-refractivity contribution in [3.63, 3.8) is 0 Å². The average Bonchev–Trinajstić information content (AvgIpc) is 3.14. The van der Waals surface area contributed by atoms with Crippen LogP contribution in [0, 0.1) is 16.0 Å². The van der Waals surface area contributed by atoms with Crippen molar-refractivity contribution in [3.8, 4) is 0 Å². The Morgan fingerprint density at radius 1 is 1.35 bits per heavy atom. The van der Waals surface area contributed by atoms with Gasteiger partial charge in [0.1, 0.15) is 5.02 Å². The second kappa shape index (κ2) is 8.62. The number of piperidine rings is 1. The Balaban J connectivity index is 1.47. The highest BCUT2D eigenvalue weighted by atomic mass is 35.5. The number of nitrogens with zero attached hydrogens (tertiary/aromatic N) is 2. The summed E-state index contributed by atoms with van der Waals surface area (Å²) in [5, 5.41) is 18.1. The van der Waals surface area contributed by atoms with Crippen molar-refractivity contribution in [2.45, 2.75) is 19.4 Å². The van der Waals surface area contributed by atoms with Gasteiger partial charge in [-0.25, -0.2) is 0 Å². The van der Waals surface area contributed by atoms with Gasteiger partial charge in [0.2, 0.25) is 0 Å². The number of carbonyl (C=O) groups excluding carboxylic acids is 1. The fourth-order valence-corrected chi connectivity index (χ4v) is 3.97. The lowest BCUT2D eigenvalue weighted by Crippen LogP contribution is -2.38. The molecule has 1 N–H and O–H groups in total. The minimum atomic E-state index is -0.581. The first-order valence-corrected chi connectivity index (χ1v) is 9.80. The van der Waals surface area contributed by atoms with Gasteiger partial charge in [0.25, 0.3) is 11.6 Å². The molecule has 0 saturated carbocycles. The van der Waals surface area contributed by atoms with Gasteiger partial charge >= 0.3 is 0 Å². The maximum Gasteiger partial charge on any atom is 0.288 e. The summed E-state index contributed by atoms with van der Waals surface area (Å²) in [6.07, 6.45) is 2.07. The average molecular weight is 394 g/mol. The first-order valence-electron chi connectivity index (χ1n) is 8.48. The number of likely N-dealkylation sites (tertiary alicyclic amines) is 1. The van der Waals surface area contributed by atoms with Crippen LogP contribution in [0.15, 0.2) is 35.0 Å². The second-order valence-electron chi connectivity index (χ2n) is 6.48. The summed E-state index contributed by atoms with van der Waals surface area (Å²) < 4.78 is 0. The zero-order chi connectivity index (χ0) is 18.5. The summed E-state index contributed by atoms with van der Waals surface area (Å²) in [6.45, 7) is 3.60. The van der Waals surface area contributed by atoms with Crippen molar-refractivity contribution in [1.29, 1.82) is 0 Å². The maximum absolute atomic E-state index is 12.3. The van der Waals surface area contributed by atoms with E-state index in [-0.39, 0.29) is 22.2 Å². The summed E-state index contributed by atoms with van der Waals surface area (Å²) in [6, 6.07) is 6.27. The van der Waals surface area contributed by atoms with Gasteiger partial charge in [-0.05, 0) is 66.4 Å². The molecule has 1 saturated heterocycles. The van der Waals surface area contributed by atoms with Gasteiger partial charge in [0.05, 0.1) is 4.92 Å². The van der Waals surface area contributed by atoms with Crippen LogP contribution in [0.5, 0.6) is 0 Å². The fourth-order valence-electron chi connectivity index (χ4n) is 3.12. The number of thiophene rings is 1. The van der Waals surface area contributed by atoms with Crippen molar-refractivity contribution >= 4 is 34.5 Å². The molecule has 0 radical (unpaired) electrons. The Kier molecular flexibility index (Phi) is 6.24. The normalized spacial score (nSPS) is 15.7. The van der Waals surface area contributed by atoms with E-state index >= 15 is 0 Å². The van der Waals surface area contributed by atoms with Gasteiger partial charge in [-0.2, -0.15) is 11.3 Å². The summed E-state index contributed by atoms with van der Waals surface area (Å²) in [4.78, 5) is 25.0. The van der Waals surface area contributed by atoms with E-state index in [1.54, 1.807) is 11.3 Å². The Morgan fingerprint density at radius 2 is 2.12 bits per heavy atom. The van der Waals surface area contributed by atoms with Crippen LogP contribution in [0.25, 0.3) is 0 Å². The van der Waals surface area contributed by atoms with Crippen molar-refractivity contribution in [2.24, 2.45) is 5.92 Å². The van der Waals surface area contributed by atoms with Crippen LogP contribution in [0.1, 0.15) is 28.8 Å². The van der Waals surface area contributed by atoms with Gasteiger partial charge < -0.3 is 5.32 Å². The van der Waals surface area contributed by atoms with Gasteiger partial charge in [-0.15, -0.1) is 0 Å². The Labute approximate surface area is 160 Å². The number of hydrogen-bond donors (Lipinski definition) is 1. The summed E-state index contributed by atoms with van der Waals surface area (Å²) in [7, 11) is 0. The molecular formula is C18H20ClN3O3S. The van der Waals surface area contributed by atoms with E-state index < -0.39 is 4.92 Å². The Bertz CT molecular complexity index is 774. The molecule has 6 nitrogen and oxygen atoms in total. The number of amides is 1. The van der Waals surface area contributed by atoms with Crippen LogP contribution in [0.4, 0.5) is 5.69 Å². The number of carbonyl (C=O) groups is 1. The molecule has 8 heteroatoms. The second-order valence-corrected chi connectivity index (χ2v) is 7.67. The van der Waals surface area contributed by atoms with E-state index in [9.17, 15) is 14.9 Å². The van der Waals surface area contributed by atoms with Crippen LogP contribution in [0.2, 0.25) is 5.02 Å². The molecule has 26 heavy (non-hydrogen) atoms. The molecule has 0 spiro atoms. The number of benzene rings is 1. The molecule has 3 rings (SSSR count). The van der Waals surface area contributed by atoms with Gasteiger partial charge in [-0.1, -0.05) is 11.6 Å². The third-order valence-electron chi connectivity index (χ3n) is 4.65. The monoisotopic (exact) mass is 393 g/mol. The molecule has 1 fully saturated rings. The Hall–Kier alpha value is -1.96. The Morgan fingerprint density at radius 3 is 2.77 bits per heavy atom. The first kappa shape index (κ1) is 18.8. The molecule has 0 unspecified atom stereocenters. The zero-order valence-electron chi connectivity index (χ0n) is 14.2. The highest BCUT2D eigenvalue weighted by Crippen LogP contribution is 2.25. The van der Waals surface area contributed by atoms with Crippen LogP contribution in [0.3, 0.4) is 0 Å². The standard InChI is InChI=1S/C18H20ClN3O3S/c19-16-2-1-15(9-17(16)22(24)25)18(23)20-10-13-3-6-21(7-4-13)11-14-5-8-26-12-14/h1-2,5,8-9,12-13H,3-4,6-7,10-11H2,(H,20,23). The molecule has 1 aromatic carbocycles. The van der Waals surface area contributed by atoms with E-state index in [1.807, 2.05) is 0 Å². The molecule has 138 valence electrons. The van der Waals surface area contributed by atoms with Crippen molar-refractivity contribution in [2.75, 3.05) is 19.6 Å². The molecule has 2 aromatic rings. The predicted octanol–water partition coefficient (Wildman–Crippen LogP) is 3.95. The number of halogens is 1. The third-order valence-corrected chi connectivity index (χ3v) is 5.70. The van der Waals surface area contributed by atoms with Crippen LogP contribution in [-0.4, -0.2) is 35.4 Å². The number of nitro benzene ring substituents is 1. The van der Waals surface area contributed by atoms with Crippen LogP contribution in [-0.2, 0) is 6.54 Å². The first-order chi connectivity index (χ1) is 12.5. The topological polar surface area (TPSA) is 75.5 Å². The minimum absolute atomic E-state index is 0.0320. The van der Waals surface area contributed by atoms with E-state index in [2.05, 4.69) is 27.0 Å². The zero-order valence-corrected chi connectivity index (χ0v) is 15.8. The molecule has 0 bridgehead atoms. The molecular weight excluding hydrogens is 374 g/mol. The molecule has 1 aliphatic rings. The number of nitro groups is 1. The molecule has 1 aliphatic heterocycles. The van der Waals surface area contributed by atoms with Gasteiger partial charge in [0, 0.05) is 24.7 Å². The summed E-state index contributed by atoms with van der Waals surface area (Å²) >= 11 is 7.50. The minimum Gasteiger partial charge on any atom is -0.352 e. The predicted molar refractivity (Wildman–Crippen MR) is 103 cm³/mol. The molecule has 2 heterocycles. The highest BCUT2D eigenvalue weighted by molar-refractivity contribution is 7.07. The SMILES string of the molecule is O=C(NCC1CCN(Cc2ccsc2)CC1)c1ccc(Cl)c([N+](=O)[O-])c1. The van der Waals surface area contributed by atoms with Crippen LogP contribution >= 0.6 is 22.9 Å². The van der Waals surface area contributed by atoms with Gasteiger partial charge in [0.15, 0.2) is 0 Å². The van der Waals surface area contributed by atoms with E-state index in [0.29, 0.717) is 12.5 Å². The number of rotatable bonds is 6. The molecule has 1 aromatic heterocycles. The van der Waals surface area contributed by atoms with Gasteiger partial charge in [-0.3, -0.25) is 19.8 Å². The smallest absolute Gasteiger partial charge is 0.288 e. The van der Waals surface area contributed by atoms with E-state index in [1.165, 1.54) is 23.8 Å². The summed E-state index contributed by atoms with van der Waals surface area (Å²) in [5.74, 6) is 0.130. The van der Waals surface area contributed by atoms with Crippen molar-refractivity contribution in [1.82, 2.24) is 10.2 Å². The van der Waals surface area contributed by atoms with E-state index in [0.717, 1.165) is 32.5 Å². The third kappa shape index (κ3) is 4.81. The lowest BCUT2D eigenvalue weighted by atomic mass is 9.96.